The lowest BCUT2D eigenvalue weighted by Gasteiger charge is -2.09. The number of rotatable bonds is 3. The average molecular weight is 413 g/mol. The molecule has 0 aliphatic rings. The summed E-state index contributed by atoms with van der Waals surface area (Å²) in [6.45, 7) is 1.90. The van der Waals surface area contributed by atoms with Crippen molar-refractivity contribution < 1.29 is 4.42 Å². The number of aryl methyl sites for hydroxylation is 1. The van der Waals surface area contributed by atoms with Gasteiger partial charge in [0.05, 0.1) is 0 Å². The molecule has 6 rings (SSSR count). The highest BCUT2D eigenvalue weighted by atomic mass is 16.3. The van der Waals surface area contributed by atoms with Gasteiger partial charge >= 0.3 is 0 Å². The topological polar surface area (TPSA) is 51.8 Å². The summed E-state index contributed by atoms with van der Waals surface area (Å²) in [4.78, 5) is 14.1. The fraction of sp³-hybridized carbons (Fsp3) is 0.0357. The van der Waals surface area contributed by atoms with Crippen molar-refractivity contribution in [1.29, 1.82) is 0 Å². The van der Waals surface area contributed by atoms with Crippen LogP contribution in [0.4, 0.5) is 0 Å². The van der Waals surface area contributed by atoms with Crippen LogP contribution in [-0.4, -0.2) is 15.0 Å². The van der Waals surface area contributed by atoms with Crippen LogP contribution in [0.5, 0.6) is 0 Å². The van der Waals surface area contributed by atoms with Gasteiger partial charge < -0.3 is 4.42 Å². The Labute approximate surface area is 185 Å². The van der Waals surface area contributed by atoms with Crippen molar-refractivity contribution in [2.24, 2.45) is 0 Å². The molecule has 152 valence electrons. The van der Waals surface area contributed by atoms with Gasteiger partial charge in [-0.05, 0) is 30.7 Å². The van der Waals surface area contributed by atoms with Gasteiger partial charge in [0.15, 0.2) is 11.6 Å². The molecule has 4 heteroatoms. The third-order valence-electron chi connectivity index (χ3n) is 5.63. The molecule has 0 atom stereocenters. The summed E-state index contributed by atoms with van der Waals surface area (Å²) in [5.41, 5.74) is 5.76. The van der Waals surface area contributed by atoms with Crippen LogP contribution >= 0.6 is 0 Å². The van der Waals surface area contributed by atoms with E-state index in [1.807, 2.05) is 73.7 Å². The van der Waals surface area contributed by atoms with Gasteiger partial charge in [0.25, 0.3) is 0 Å². The zero-order valence-electron chi connectivity index (χ0n) is 17.5. The Bertz CT molecular complexity index is 1570. The van der Waals surface area contributed by atoms with Crippen molar-refractivity contribution in [2.75, 3.05) is 0 Å². The second kappa shape index (κ2) is 7.43. The van der Waals surface area contributed by atoms with Crippen LogP contribution in [-0.2, 0) is 0 Å². The van der Waals surface area contributed by atoms with Crippen LogP contribution in [0.25, 0.3) is 55.8 Å². The molecular formula is C28H19N3O. The Hall–Kier alpha value is -4.31. The van der Waals surface area contributed by atoms with Crippen molar-refractivity contribution in [1.82, 2.24) is 15.0 Å². The number of hydrogen-bond acceptors (Lipinski definition) is 4. The molecule has 2 heterocycles. The minimum atomic E-state index is 0.646. The molecule has 0 saturated heterocycles. The highest BCUT2D eigenvalue weighted by Crippen LogP contribution is 2.41. The van der Waals surface area contributed by atoms with E-state index < -0.39 is 0 Å². The van der Waals surface area contributed by atoms with Gasteiger partial charge in [-0.25, -0.2) is 15.0 Å². The zero-order valence-corrected chi connectivity index (χ0v) is 17.5. The molecule has 2 aromatic heterocycles. The second-order valence-corrected chi connectivity index (χ2v) is 7.72. The van der Waals surface area contributed by atoms with E-state index in [2.05, 4.69) is 35.3 Å². The Morgan fingerprint density at radius 2 is 1.19 bits per heavy atom. The first-order chi connectivity index (χ1) is 15.8. The molecular weight excluding hydrogens is 394 g/mol. The lowest BCUT2D eigenvalue weighted by atomic mass is 9.98. The standard InChI is InChI=1S/C28H19N3O/c1-18-29-27(20-12-6-3-7-13-20)31-28(30-18)23-17-16-21(19-10-4-2-5-11-19)26-25(23)22-14-8-9-15-24(22)32-26/h2-17H,1H3. The minimum Gasteiger partial charge on any atom is -0.455 e. The lowest BCUT2D eigenvalue weighted by Crippen LogP contribution is -2.00. The van der Waals surface area contributed by atoms with E-state index in [-0.39, 0.29) is 0 Å². The number of para-hydroxylation sites is 1. The van der Waals surface area contributed by atoms with Crippen LogP contribution in [0.15, 0.2) is 101 Å². The maximum Gasteiger partial charge on any atom is 0.164 e. The van der Waals surface area contributed by atoms with E-state index in [0.717, 1.165) is 44.2 Å². The predicted octanol–water partition coefficient (Wildman–Crippen LogP) is 7.08. The minimum absolute atomic E-state index is 0.646. The Kier molecular flexibility index (Phi) is 4.29. The Morgan fingerprint density at radius 1 is 0.562 bits per heavy atom. The molecule has 0 aliphatic heterocycles. The Morgan fingerprint density at radius 3 is 1.97 bits per heavy atom. The first-order valence-corrected chi connectivity index (χ1v) is 10.6. The third-order valence-corrected chi connectivity index (χ3v) is 5.63. The monoisotopic (exact) mass is 413 g/mol. The number of hydrogen-bond donors (Lipinski definition) is 0. The molecule has 4 nitrogen and oxygen atoms in total. The maximum absolute atomic E-state index is 6.37. The summed E-state index contributed by atoms with van der Waals surface area (Å²) >= 11 is 0. The van der Waals surface area contributed by atoms with E-state index in [4.69, 9.17) is 14.4 Å². The fourth-order valence-corrected chi connectivity index (χ4v) is 4.18. The molecule has 0 bridgehead atoms. The number of furan rings is 1. The maximum atomic E-state index is 6.37. The average Bonchev–Trinajstić information content (AvgIpc) is 3.24. The van der Waals surface area contributed by atoms with Crippen molar-refractivity contribution in [3.63, 3.8) is 0 Å². The third kappa shape index (κ3) is 3.05. The number of aromatic nitrogens is 3. The molecule has 0 saturated carbocycles. The van der Waals surface area contributed by atoms with Crippen LogP contribution in [0.2, 0.25) is 0 Å². The van der Waals surface area contributed by atoms with Crippen LogP contribution < -0.4 is 0 Å². The van der Waals surface area contributed by atoms with Gasteiger partial charge in [0.2, 0.25) is 0 Å². The molecule has 0 N–H and O–H groups in total. The SMILES string of the molecule is Cc1nc(-c2ccccc2)nc(-c2ccc(-c3ccccc3)c3oc4ccccc4c23)n1. The van der Waals surface area contributed by atoms with Gasteiger partial charge in [0, 0.05) is 27.5 Å². The van der Waals surface area contributed by atoms with E-state index in [1.54, 1.807) is 0 Å². The molecule has 6 aromatic rings. The summed E-state index contributed by atoms with van der Waals surface area (Å²) < 4.78 is 6.37. The molecule has 0 unspecified atom stereocenters. The summed E-state index contributed by atoms with van der Waals surface area (Å²) in [5.74, 6) is 2.00. The highest BCUT2D eigenvalue weighted by Gasteiger charge is 2.19. The number of benzene rings is 4. The normalized spacial score (nSPS) is 11.3. The number of nitrogens with zero attached hydrogens (tertiary/aromatic N) is 3. The van der Waals surface area contributed by atoms with Crippen molar-refractivity contribution >= 4 is 21.9 Å². The quantitative estimate of drug-likeness (QED) is 0.311. The van der Waals surface area contributed by atoms with E-state index >= 15 is 0 Å². The van der Waals surface area contributed by atoms with Crippen LogP contribution in [0.1, 0.15) is 5.82 Å². The van der Waals surface area contributed by atoms with E-state index in [1.165, 1.54) is 0 Å². The fourth-order valence-electron chi connectivity index (χ4n) is 4.18. The predicted molar refractivity (Wildman–Crippen MR) is 128 cm³/mol. The summed E-state index contributed by atoms with van der Waals surface area (Å²) in [5, 5.41) is 2.07. The summed E-state index contributed by atoms with van der Waals surface area (Å²) in [6.07, 6.45) is 0. The van der Waals surface area contributed by atoms with Gasteiger partial charge in [-0.2, -0.15) is 0 Å². The van der Waals surface area contributed by atoms with Crippen LogP contribution in [0.3, 0.4) is 0 Å². The molecule has 4 aromatic carbocycles. The van der Waals surface area contributed by atoms with E-state index in [0.29, 0.717) is 17.5 Å². The van der Waals surface area contributed by atoms with Crippen molar-refractivity contribution in [3.05, 3.63) is 103 Å². The van der Waals surface area contributed by atoms with Crippen molar-refractivity contribution in [2.45, 2.75) is 6.92 Å². The van der Waals surface area contributed by atoms with Gasteiger partial charge in [-0.3, -0.25) is 0 Å². The zero-order chi connectivity index (χ0) is 21.5. The summed E-state index contributed by atoms with van der Waals surface area (Å²) in [6, 6.07) is 32.6. The Balaban J connectivity index is 1.66. The molecule has 0 spiro atoms. The number of fused-ring (bicyclic) bond motifs is 3. The first kappa shape index (κ1) is 18.5. The summed E-state index contributed by atoms with van der Waals surface area (Å²) in [7, 11) is 0. The van der Waals surface area contributed by atoms with E-state index in [9.17, 15) is 0 Å². The molecule has 0 fully saturated rings. The molecule has 0 amide bonds. The van der Waals surface area contributed by atoms with Gasteiger partial charge in [-0.1, -0.05) is 78.9 Å². The second-order valence-electron chi connectivity index (χ2n) is 7.72. The molecule has 32 heavy (non-hydrogen) atoms. The van der Waals surface area contributed by atoms with Crippen LogP contribution in [0, 0.1) is 6.92 Å². The van der Waals surface area contributed by atoms with Gasteiger partial charge in [0.1, 0.15) is 17.0 Å². The first-order valence-electron chi connectivity index (χ1n) is 10.6. The highest BCUT2D eigenvalue weighted by molar-refractivity contribution is 6.15. The molecule has 0 aliphatic carbocycles. The lowest BCUT2D eigenvalue weighted by molar-refractivity contribution is 0.670. The van der Waals surface area contributed by atoms with Crippen molar-refractivity contribution in [3.8, 4) is 33.9 Å². The largest absolute Gasteiger partial charge is 0.455 e. The smallest absolute Gasteiger partial charge is 0.164 e. The molecule has 0 radical (unpaired) electrons. The van der Waals surface area contributed by atoms with Gasteiger partial charge in [-0.15, -0.1) is 0 Å².